The molecule has 22 heavy (non-hydrogen) atoms. The summed E-state index contributed by atoms with van der Waals surface area (Å²) in [5.41, 5.74) is 0.224. The maximum Gasteiger partial charge on any atom is 0.387 e. The second-order valence-corrected chi connectivity index (χ2v) is 3.95. The van der Waals surface area contributed by atoms with Crippen molar-refractivity contribution in [3.8, 4) is 17.2 Å². The molecule has 0 aliphatic rings. The summed E-state index contributed by atoms with van der Waals surface area (Å²) in [6, 6.07) is 2.63. The molecule has 0 radical (unpaired) electrons. The lowest BCUT2D eigenvalue weighted by molar-refractivity contribution is -0.0526. The molecule has 0 aromatic heterocycles. The van der Waals surface area contributed by atoms with Crippen molar-refractivity contribution in [1.82, 2.24) is 10.6 Å². The molecule has 6 nitrogen and oxygen atoms in total. The molecule has 0 aliphatic heterocycles. The summed E-state index contributed by atoms with van der Waals surface area (Å²) in [7, 11) is 4.33. The first-order valence-corrected chi connectivity index (χ1v) is 6.17. The highest BCUT2D eigenvalue weighted by Crippen LogP contribution is 2.39. The van der Waals surface area contributed by atoms with E-state index in [1.807, 2.05) is 0 Å². The molecule has 0 heterocycles. The van der Waals surface area contributed by atoms with Crippen molar-refractivity contribution in [3.05, 3.63) is 17.7 Å². The van der Waals surface area contributed by atoms with E-state index in [9.17, 15) is 13.6 Å². The van der Waals surface area contributed by atoms with Gasteiger partial charge in [0.15, 0.2) is 11.5 Å². The number of benzene rings is 1. The van der Waals surface area contributed by atoms with Gasteiger partial charge in [-0.2, -0.15) is 8.78 Å². The number of methoxy groups -OCH3 is 2. The van der Waals surface area contributed by atoms with Crippen LogP contribution in [0, 0.1) is 0 Å². The van der Waals surface area contributed by atoms with Gasteiger partial charge in [-0.15, -0.1) is 12.4 Å². The summed E-state index contributed by atoms with van der Waals surface area (Å²) >= 11 is 0. The van der Waals surface area contributed by atoms with Gasteiger partial charge in [-0.1, -0.05) is 0 Å². The van der Waals surface area contributed by atoms with Crippen LogP contribution in [0.1, 0.15) is 10.4 Å². The second-order valence-electron chi connectivity index (χ2n) is 3.95. The first-order chi connectivity index (χ1) is 10.0. The fourth-order valence-corrected chi connectivity index (χ4v) is 1.62. The Kier molecular flexibility index (Phi) is 9.20. The number of rotatable bonds is 8. The smallest absolute Gasteiger partial charge is 0.387 e. The fraction of sp³-hybridized carbons (Fsp3) is 0.462. The number of amides is 1. The quantitative estimate of drug-likeness (QED) is 0.705. The number of carbonyl (C=O) groups is 1. The van der Waals surface area contributed by atoms with Gasteiger partial charge in [0.1, 0.15) is 0 Å². The Morgan fingerprint density at radius 3 is 2.14 bits per heavy atom. The number of hydrogen-bond donors (Lipinski definition) is 2. The predicted octanol–water partition coefficient (Wildman–Crippen LogP) is 1.68. The van der Waals surface area contributed by atoms with Crippen LogP contribution in [0.5, 0.6) is 17.2 Å². The number of hydrogen-bond acceptors (Lipinski definition) is 5. The van der Waals surface area contributed by atoms with Crippen molar-refractivity contribution < 1.29 is 27.8 Å². The zero-order valence-corrected chi connectivity index (χ0v) is 13.3. The molecule has 0 bridgehead atoms. The van der Waals surface area contributed by atoms with Gasteiger partial charge in [-0.3, -0.25) is 4.79 Å². The molecule has 1 aromatic rings. The van der Waals surface area contributed by atoms with Crippen LogP contribution >= 0.6 is 12.4 Å². The van der Waals surface area contributed by atoms with Crippen molar-refractivity contribution in [2.75, 3.05) is 34.4 Å². The van der Waals surface area contributed by atoms with Crippen LogP contribution in [0.2, 0.25) is 0 Å². The molecule has 1 aromatic carbocycles. The van der Waals surface area contributed by atoms with E-state index in [2.05, 4.69) is 15.4 Å². The van der Waals surface area contributed by atoms with E-state index >= 15 is 0 Å². The van der Waals surface area contributed by atoms with Gasteiger partial charge in [-0.05, 0) is 19.2 Å². The SMILES string of the molecule is CNCCNC(=O)c1cc(OC)c(OC(F)F)c(OC)c1.Cl. The monoisotopic (exact) mass is 340 g/mol. The maximum atomic E-state index is 12.4. The van der Waals surface area contributed by atoms with Crippen molar-refractivity contribution >= 4 is 18.3 Å². The first-order valence-electron chi connectivity index (χ1n) is 6.17. The van der Waals surface area contributed by atoms with Gasteiger partial charge in [0.05, 0.1) is 14.2 Å². The number of nitrogens with one attached hydrogen (secondary N) is 2. The Morgan fingerprint density at radius 1 is 1.18 bits per heavy atom. The third-order valence-corrected chi connectivity index (χ3v) is 2.59. The lowest BCUT2D eigenvalue weighted by atomic mass is 10.1. The largest absolute Gasteiger partial charge is 0.493 e. The average Bonchev–Trinajstić information content (AvgIpc) is 2.46. The Morgan fingerprint density at radius 2 is 1.73 bits per heavy atom. The van der Waals surface area contributed by atoms with E-state index in [0.717, 1.165) is 0 Å². The molecule has 0 spiro atoms. The molecule has 0 aliphatic carbocycles. The molecule has 0 atom stereocenters. The van der Waals surface area contributed by atoms with Gasteiger partial charge in [-0.25, -0.2) is 0 Å². The van der Waals surface area contributed by atoms with Gasteiger partial charge in [0, 0.05) is 18.7 Å². The molecule has 9 heteroatoms. The zero-order chi connectivity index (χ0) is 15.8. The second kappa shape index (κ2) is 10.0. The molecule has 126 valence electrons. The molecule has 2 N–H and O–H groups in total. The van der Waals surface area contributed by atoms with Gasteiger partial charge >= 0.3 is 6.61 Å². The minimum atomic E-state index is -3.02. The average molecular weight is 341 g/mol. The van der Waals surface area contributed by atoms with E-state index in [0.29, 0.717) is 13.1 Å². The number of alkyl halides is 2. The van der Waals surface area contributed by atoms with Crippen molar-refractivity contribution in [3.63, 3.8) is 0 Å². The number of halogens is 3. The summed E-state index contributed by atoms with van der Waals surface area (Å²) in [4.78, 5) is 12.0. The van der Waals surface area contributed by atoms with Gasteiger partial charge in [0.25, 0.3) is 5.91 Å². The zero-order valence-electron chi connectivity index (χ0n) is 12.4. The molecule has 1 amide bonds. The Labute approximate surface area is 133 Å². The number of likely N-dealkylation sites (N-methyl/N-ethyl adjacent to an activating group) is 1. The molecule has 0 saturated heterocycles. The molecule has 0 saturated carbocycles. The lowest BCUT2D eigenvalue weighted by Crippen LogP contribution is -2.30. The third kappa shape index (κ3) is 5.53. The summed E-state index contributed by atoms with van der Waals surface area (Å²) in [5.74, 6) is -0.631. The van der Waals surface area contributed by atoms with E-state index < -0.39 is 6.61 Å². The Hall–Kier alpha value is -1.80. The molecule has 0 unspecified atom stereocenters. The Bertz CT molecular complexity index is 464. The first kappa shape index (κ1) is 20.2. The summed E-state index contributed by atoms with van der Waals surface area (Å²) in [6.45, 7) is -2.00. The van der Waals surface area contributed by atoms with Crippen LogP contribution in [-0.4, -0.2) is 46.9 Å². The van der Waals surface area contributed by atoms with E-state index in [1.54, 1.807) is 7.05 Å². The van der Waals surface area contributed by atoms with Crippen LogP contribution in [0.25, 0.3) is 0 Å². The van der Waals surface area contributed by atoms with Crippen LogP contribution in [0.4, 0.5) is 8.78 Å². The molecular weight excluding hydrogens is 322 g/mol. The number of carbonyl (C=O) groups excluding carboxylic acids is 1. The van der Waals surface area contributed by atoms with Crippen molar-refractivity contribution in [2.24, 2.45) is 0 Å². The van der Waals surface area contributed by atoms with Crippen molar-refractivity contribution in [1.29, 1.82) is 0 Å². The maximum absolute atomic E-state index is 12.4. The molecule has 1 rings (SSSR count). The minimum absolute atomic E-state index is 0. The van der Waals surface area contributed by atoms with Gasteiger partial charge < -0.3 is 24.8 Å². The highest BCUT2D eigenvalue weighted by Gasteiger charge is 2.20. The van der Waals surface area contributed by atoms with E-state index in [1.165, 1.54) is 26.4 Å². The number of ether oxygens (including phenoxy) is 3. The van der Waals surface area contributed by atoms with Crippen LogP contribution in [-0.2, 0) is 0 Å². The normalized spacial score (nSPS) is 9.91. The third-order valence-electron chi connectivity index (χ3n) is 2.59. The fourth-order valence-electron chi connectivity index (χ4n) is 1.62. The van der Waals surface area contributed by atoms with E-state index in [-0.39, 0.29) is 41.1 Å². The minimum Gasteiger partial charge on any atom is -0.493 e. The summed E-state index contributed by atoms with van der Waals surface area (Å²) in [5, 5.41) is 5.54. The highest BCUT2D eigenvalue weighted by molar-refractivity contribution is 5.95. The van der Waals surface area contributed by atoms with E-state index in [4.69, 9.17) is 9.47 Å². The molecule has 0 fully saturated rings. The van der Waals surface area contributed by atoms with Crippen molar-refractivity contribution in [2.45, 2.75) is 6.61 Å². The Balaban J connectivity index is 0.00000441. The topological polar surface area (TPSA) is 68.8 Å². The highest BCUT2D eigenvalue weighted by atomic mass is 35.5. The standard InChI is InChI=1S/C13H18F2N2O4.ClH/c1-16-4-5-17-12(18)8-6-9(19-2)11(21-13(14)15)10(7-8)20-3;/h6-7,13,16H,4-5H2,1-3H3,(H,17,18);1H. The van der Waals surface area contributed by atoms with Crippen LogP contribution in [0.15, 0.2) is 12.1 Å². The molecular formula is C13H19ClF2N2O4. The van der Waals surface area contributed by atoms with Crippen LogP contribution in [0.3, 0.4) is 0 Å². The van der Waals surface area contributed by atoms with Crippen LogP contribution < -0.4 is 24.8 Å². The lowest BCUT2D eigenvalue weighted by Gasteiger charge is -2.15. The predicted molar refractivity (Wildman–Crippen MR) is 79.7 cm³/mol. The summed E-state index contributed by atoms with van der Waals surface area (Å²) in [6.07, 6.45) is 0. The summed E-state index contributed by atoms with van der Waals surface area (Å²) < 4.78 is 39.1. The van der Waals surface area contributed by atoms with Gasteiger partial charge in [0.2, 0.25) is 5.75 Å².